The van der Waals surface area contributed by atoms with Crippen LogP contribution in [0.15, 0.2) is 48.5 Å². The van der Waals surface area contributed by atoms with E-state index in [0.717, 1.165) is 23.7 Å². The molecule has 0 saturated heterocycles. The van der Waals surface area contributed by atoms with E-state index >= 15 is 0 Å². The van der Waals surface area contributed by atoms with Crippen molar-refractivity contribution in [2.24, 2.45) is 0 Å². The second kappa shape index (κ2) is 8.17. The molecule has 0 aliphatic heterocycles. The third-order valence-corrected chi connectivity index (χ3v) is 3.05. The first kappa shape index (κ1) is 15.2. The van der Waals surface area contributed by atoms with E-state index in [2.05, 4.69) is 5.32 Å². The van der Waals surface area contributed by atoms with Gasteiger partial charge in [-0.05, 0) is 29.8 Å². The number of benzene rings is 2. The largest absolute Gasteiger partial charge is 0.497 e. The first-order valence-electron chi connectivity index (χ1n) is 6.90. The first-order chi connectivity index (χ1) is 10.3. The van der Waals surface area contributed by atoms with Crippen LogP contribution in [-0.4, -0.2) is 27.4 Å². The van der Waals surface area contributed by atoms with Crippen LogP contribution in [0.1, 0.15) is 5.56 Å². The fourth-order valence-corrected chi connectivity index (χ4v) is 1.89. The van der Waals surface area contributed by atoms with Gasteiger partial charge >= 0.3 is 0 Å². The molecule has 0 bridgehead atoms. The fourth-order valence-electron chi connectivity index (χ4n) is 1.89. The molecule has 2 rings (SSSR count). The Labute approximate surface area is 125 Å². The molecule has 112 valence electrons. The molecule has 0 unspecified atom stereocenters. The van der Waals surface area contributed by atoms with Gasteiger partial charge in [0.1, 0.15) is 18.1 Å². The zero-order chi connectivity index (χ0) is 14.9. The minimum atomic E-state index is 0.554. The van der Waals surface area contributed by atoms with E-state index in [1.54, 1.807) is 14.2 Å². The highest BCUT2D eigenvalue weighted by Crippen LogP contribution is 2.18. The summed E-state index contributed by atoms with van der Waals surface area (Å²) in [6.45, 7) is 1.90. The Morgan fingerprint density at radius 1 is 0.905 bits per heavy atom. The molecule has 4 heteroatoms. The van der Waals surface area contributed by atoms with Gasteiger partial charge in [-0.2, -0.15) is 0 Å². The number of ether oxygens (including phenoxy) is 3. The van der Waals surface area contributed by atoms with Gasteiger partial charge in [-0.15, -0.1) is 0 Å². The van der Waals surface area contributed by atoms with E-state index in [4.69, 9.17) is 14.2 Å². The topological polar surface area (TPSA) is 39.7 Å². The summed E-state index contributed by atoms with van der Waals surface area (Å²) in [5.41, 5.74) is 2.22. The Hall–Kier alpha value is -2.20. The van der Waals surface area contributed by atoms with E-state index in [1.165, 1.54) is 5.56 Å². The lowest BCUT2D eigenvalue weighted by molar-refractivity contribution is 0.146. The minimum absolute atomic E-state index is 0.554. The van der Waals surface area contributed by atoms with Crippen molar-refractivity contribution in [1.82, 2.24) is 0 Å². The molecule has 0 amide bonds. The van der Waals surface area contributed by atoms with Crippen molar-refractivity contribution in [3.05, 3.63) is 54.1 Å². The van der Waals surface area contributed by atoms with Gasteiger partial charge in [0.2, 0.25) is 0 Å². The smallest absolute Gasteiger partial charge is 0.121 e. The summed E-state index contributed by atoms with van der Waals surface area (Å²) in [7, 11) is 3.33. The van der Waals surface area contributed by atoms with Gasteiger partial charge in [0, 0.05) is 25.4 Å². The standard InChI is InChI=1S/C17H21NO3/c1-19-10-11-21-17-5-3-4-15(12-17)18-13-14-6-8-16(20-2)9-7-14/h3-9,12,18H,10-11,13H2,1-2H3. The summed E-state index contributed by atoms with van der Waals surface area (Å²) in [6.07, 6.45) is 0. The lowest BCUT2D eigenvalue weighted by atomic mass is 10.2. The summed E-state index contributed by atoms with van der Waals surface area (Å²) in [5, 5.41) is 3.38. The van der Waals surface area contributed by atoms with Crippen LogP contribution in [0, 0.1) is 0 Å². The van der Waals surface area contributed by atoms with Crippen molar-refractivity contribution in [2.75, 3.05) is 32.8 Å². The molecule has 0 heterocycles. The summed E-state index contributed by atoms with van der Waals surface area (Å²) < 4.78 is 15.7. The van der Waals surface area contributed by atoms with Gasteiger partial charge in [0.05, 0.1) is 13.7 Å². The molecule has 0 saturated carbocycles. The SMILES string of the molecule is COCCOc1cccc(NCc2ccc(OC)cc2)c1. The predicted octanol–water partition coefficient (Wildman–Crippen LogP) is 3.33. The summed E-state index contributed by atoms with van der Waals surface area (Å²) >= 11 is 0. The molecule has 0 aliphatic rings. The minimum Gasteiger partial charge on any atom is -0.497 e. The van der Waals surface area contributed by atoms with Gasteiger partial charge in [-0.25, -0.2) is 0 Å². The van der Waals surface area contributed by atoms with Crippen molar-refractivity contribution < 1.29 is 14.2 Å². The van der Waals surface area contributed by atoms with Crippen molar-refractivity contribution in [3.8, 4) is 11.5 Å². The van der Waals surface area contributed by atoms with Gasteiger partial charge in [0.25, 0.3) is 0 Å². The van der Waals surface area contributed by atoms with Crippen molar-refractivity contribution >= 4 is 5.69 Å². The van der Waals surface area contributed by atoms with Crippen LogP contribution in [-0.2, 0) is 11.3 Å². The van der Waals surface area contributed by atoms with E-state index < -0.39 is 0 Å². The van der Waals surface area contributed by atoms with Gasteiger partial charge in [-0.3, -0.25) is 0 Å². The lowest BCUT2D eigenvalue weighted by Crippen LogP contribution is -2.05. The Balaban J connectivity index is 1.88. The Kier molecular flexibility index (Phi) is 5.91. The molecule has 2 aromatic carbocycles. The number of hydrogen-bond donors (Lipinski definition) is 1. The zero-order valence-electron chi connectivity index (χ0n) is 12.5. The number of hydrogen-bond acceptors (Lipinski definition) is 4. The Morgan fingerprint density at radius 2 is 1.71 bits per heavy atom. The van der Waals surface area contributed by atoms with E-state index in [0.29, 0.717) is 13.2 Å². The van der Waals surface area contributed by atoms with E-state index in [1.807, 2.05) is 48.5 Å². The molecular formula is C17H21NO3. The molecule has 0 fully saturated rings. The van der Waals surface area contributed by atoms with Crippen LogP contribution in [0.2, 0.25) is 0 Å². The lowest BCUT2D eigenvalue weighted by Gasteiger charge is -2.10. The summed E-state index contributed by atoms with van der Waals surface area (Å²) in [5.74, 6) is 1.71. The van der Waals surface area contributed by atoms with Crippen molar-refractivity contribution in [1.29, 1.82) is 0 Å². The highest BCUT2D eigenvalue weighted by Gasteiger charge is 1.98. The predicted molar refractivity (Wildman–Crippen MR) is 84.1 cm³/mol. The Morgan fingerprint density at radius 3 is 2.43 bits per heavy atom. The average Bonchev–Trinajstić information content (AvgIpc) is 2.54. The zero-order valence-corrected chi connectivity index (χ0v) is 12.5. The molecule has 2 aromatic rings. The van der Waals surface area contributed by atoms with Crippen LogP contribution in [0.4, 0.5) is 5.69 Å². The number of anilines is 1. The van der Waals surface area contributed by atoms with Crippen molar-refractivity contribution in [2.45, 2.75) is 6.54 Å². The number of nitrogens with one attached hydrogen (secondary N) is 1. The fraction of sp³-hybridized carbons (Fsp3) is 0.294. The van der Waals surface area contributed by atoms with Gasteiger partial charge in [-0.1, -0.05) is 18.2 Å². The third-order valence-electron chi connectivity index (χ3n) is 3.05. The van der Waals surface area contributed by atoms with E-state index in [-0.39, 0.29) is 0 Å². The normalized spacial score (nSPS) is 10.2. The number of methoxy groups -OCH3 is 2. The van der Waals surface area contributed by atoms with Gasteiger partial charge in [0.15, 0.2) is 0 Å². The molecular weight excluding hydrogens is 266 g/mol. The first-order valence-corrected chi connectivity index (χ1v) is 6.90. The van der Waals surface area contributed by atoms with Crippen LogP contribution in [0.3, 0.4) is 0 Å². The molecule has 0 aliphatic carbocycles. The van der Waals surface area contributed by atoms with E-state index in [9.17, 15) is 0 Å². The molecule has 0 atom stereocenters. The van der Waals surface area contributed by atoms with Crippen molar-refractivity contribution in [3.63, 3.8) is 0 Å². The van der Waals surface area contributed by atoms with Gasteiger partial charge < -0.3 is 19.5 Å². The average molecular weight is 287 g/mol. The summed E-state index contributed by atoms with van der Waals surface area (Å²) in [4.78, 5) is 0. The molecule has 0 radical (unpaired) electrons. The number of rotatable bonds is 8. The molecule has 0 spiro atoms. The maximum atomic E-state index is 5.59. The second-order valence-electron chi connectivity index (χ2n) is 4.57. The molecule has 4 nitrogen and oxygen atoms in total. The van der Waals surface area contributed by atoms with Crippen LogP contribution in [0.25, 0.3) is 0 Å². The Bertz CT molecular complexity index is 540. The highest BCUT2D eigenvalue weighted by molar-refractivity contribution is 5.48. The highest BCUT2D eigenvalue weighted by atomic mass is 16.5. The monoisotopic (exact) mass is 287 g/mol. The second-order valence-corrected chi connectivity index (χ2v) is 4.57. The molecule has 1 N–H and O–H groups in total. The summed E-state index contributed by atoms with van der Waals surface area (Å²) in [6, 6.07) is 15.9. The van der Waals surface area contributed by atoms with Crippen LogP contribution in [0.5, 0.6) is 11.5 Å². The molecule has 21 heavy (non-hydrogen) atoms. The van der Waals surface area contributed by atoms with Crippen LogP contribution >= 0.6 is 0 Å². The van der Waals surface area contributed by atoms with Crippen LogP contribution < -0.4 is 14.8 Å². The third kappa shape index (κ3) is 5.00. The molecule has 0 aromatic heterocycles. The quantitative estimate of drug-likeness (QED) is 0.756. The maximum Gasteiger partial charge on any atom is 0.121 e. The maximum absolute atomic E-state index is 5.59.